The van der Waals surface area contributed by atoms with Crippen molar-refractivity contribution in [3.63, 3.8) is 0 Å². The molecule has 0 saturated carbocycles. The van der Waals surface area contributed by atoms with Gasteiger partial charge in [0.1, 0.15) is 0 Å². The monoisotopic (exact) mass is 108 g/mol. The van der Waals surface area contributed by atoms with Crippen LogP contribution in [0.4, 0.5) is 0 Å². The predicted octanol–water partition coefficient (Wildman–Crippen LogP) is -0.350. The first-order valence-corrected chi connectivity index (χ1v) is 1.34. The molecule has 0 aromatic heterocycles. The molecule has 7 heavy (non-hydrogen) atoms. The fourth-order valence-electron chi connectivity index (χ4n) is 0.0643. The second-order valence-electron chi connectivity index (χ2n) is 0.685. The Labute approximate surface area is 63.6 Å². The fraction of sp³-hybridized carbons (Fsp3) is 0.333. The Morgan fingerprint density at radius 3 is 2.29 bits per heavy atom. The number of carbonyl (C=O) groups is 1. The summed E-state index contributed by atoms with van der Waals surface area (Å²) in [6.07, 6.45) is 1.22. The van der Waals surface area contributed by atoms with Crippen LogP contribution in [-0.2, 0) is 9.53 Å². The van der Waals surface area contributed by atoms with Crippen LogP contribution in [0.1, 0.15) is 6.92 Å². The molecule has 0 bridgehead atoms. The van der Waals surface area contributed by atoms with Crippen molar-refractivity contribution in [3.8, 4) is 6.26 Å². The van der Waals surface area contributed by atoms with Gasteiger partial charge in [0.05, 0.1) is 0 Å². The number of nitrogens with zero attached hydrogens (tertiary/aromatic N) is 1. The molecule has 0 unspecified atom stereocenters. The molecule has 0 aliphatic carbocycles. The Balaban J connectivity index is 0. The molecule has 0 atom stereocenters. The molecule has 0 aliphatic heterocycles. The van der Waals surface area contributed by atoms with Crippen LogP contribution in [0.5, 0.6) is 0 Å². The second kappa shape index (κ2) is 5.96. The quantitative estimate of drug-likeness (QED) is 0.242. The van der Waals surface area contributed by atoms with Crippen LogP contribution < -0.4 is 0 Å². The van der Waals surface area contributed by atoms with E-state index in [1.807, 2.05) is 0 Å². The van der Waals surface area contributed by atoms with Gasteiger partial charge in [-0.05, 0) is 0 Å². The number of hydrogen-bond donors (Lipinski definition) is 0. The van der Waals surface area contributed by atoms with E-state index in [0.29, 0.717) is 0 Å². The molecule has 0 amide bonds. The minimum atomic E-state index is -0.572. The minimum absolute atomic E-state index is 0. The summed E-state index contributed by atoms with van der Waals surface area (Å²) in [4.78, 5) is 9.60. The molecule has 0 N–H and O–H groups in total. The third kappa shape index (κ3) is 10.7. The average molecular weight is 108 g/mol. The zero-order chi connectivity index (χ0) is 4.99. The molecule has 4 heteroatoms. The normalized spacial score (nSPS) is 5.14. The van der Waals surface area contributed by atoms with Gasteiger partial charge in [-0.3, -0.25) is 4.79 Å². The van der Waals surface area contributed by atoms with E-state index in [9.17, 15) is 4.79 Å². The second-order valence-corrected chi connectivity index (χ2v) is 0.685. The van der Waals surface area contributed by atoms with Crippen LogP contribution in [0.25, 0.3) is 0 Å². The minimum Gasteiger partial charge on any atom is -0.351 e. The smallest absolute Gasteiger partial charge is 0.318 e. The summed E-state index contributed by atoms with van der Waals surface area (Å²) in [5.41, 5.74) is 0. The Morgan fingerprint density at radius 2 is 2.29 bits per heavy atom. The van der Waals surface area contributed by atoms with E-state index < -0.39 is 5.97 Å². The van der Waals surface area contributed by atoms with E-state index >= 15 is 0 Å². The molecule has 0 heterocycles. The van der Waals surface area contributed by atoms with Crippen LogP contribution in [0, 0.1) is 11.5 Å². The Morgan fingerprint density at radius 1 is 1.86 bits per heavy atom. The summed E-state index contributed by atoms with van der Waals surface area (Å²) in [5.74, 6) is -0.572. The number of esters is 1. The van der Waals surface area contributed by atoms with Crippen LogP contribution in [-0.4, -0.2) is 35.5 Å². The molecule has 3 nitrogen and oxygen atoms in total. The summed E-state index contributed by atoms with van der Waals surface area (Å²) in [5, 5.41) is 7.54. The topological polar surface area (TPSA) is 50.1 Å². The average Bonchev–Trinajstić information content (AvgIpc) is 1.35. The molecule has 1 radical (unpaired) electrons. The van der Waals surface area contributed by atoms with Gasteiger partial charge < -0.3 is 4.74 Å². The van der Waals surface area contributed by atoms with Gasteiger partial charge in [0.25, 0.3) is 6.26 Å². The van der Waals surface area contributed by atoms with E-state index in [4.69, 9.17) is 5.26 Å². The van der Waals surface area contributed by atoms with Gasteiger partial charge in [0.15, 0.2) is 0 Å². The first-order valence-electron chi connectivity index (χ1n) is 1.34. The van der Waals surface area contributed by atoms with Gasteiger partial charge in [0, 0.05) is 36.5 Å². The molecule has 0 aromatic carbocycles. The van der Waals surface area contributed by atoms with Gasteiger partial charge in [0.2, 0.25) is 0 Å². The van der Waals surface area contributed by atoms with Crippen molar-refractivity contribution in [2.75, 3.05) is 0 Å². The fourth-order valence-corrected chi connectivity index (χ4v) is 0.0643. The standard InChI is InChI=1S/C3H3NO2.Na/c1-3(5)6-2-4;/h1H3;. The van der Waals surface area contributed by atoms with E-state index in [2.05, 4.69) is 4.74 Å². The van der Waals surface area contributed by atoms with Gasteiger partial charge in [-0.25, -0.2) is 0 Å². The molecule has 33 valence electrons. The van der Waals surface area contributed by atoms with E-state index in [0.717, 1.165) is 0 Å². The van der Waals surface area contributed by atoms with Crippen LogP contribution in [0.3, 0.4) is 0 Å². The van der Waals surface area contributed by atoms with Crippen molar-refractivity contribution in [3.05, 3.63) is 0 Å². The third-order valence-electron chi connectivity index (χ3n) is 0.189. The first kappa shape index (κ1) is 10.0. The molecular weight excluding hydrogens is 105 g/mol. The molecule has 0 rings (SSSR count). The Bertz CT molecular complexity index is 95.6. The molecule has 0 saturated heterocycles. The van der Waals surface area contributed by atoms with Gasteiger partial charge in [-0.1, -0.05) is 0 Å². The van der Waals surface area contributed by atoms with Crippen LogP contribution in [0.15, 0.2) is 0 Å². The van der Waals surface area contributed by atoms with E-state index in [-0.39, 0.29) is 29.6 Å². The number of rotatable bonds is 0. The van der Waals surface area contributed by atoms with Crippen molar-refractivity contribution in [1.82, 2.24) is 0 Å². The van der Waals surface area contributed by atoms with Gasteiger partial charge in [-0.15, -0.1) is 5.26 Å². The molecule has 0 aromatic rings. The van der Waals surface area contributed by atoms with E-state index in [1.165, 1.54) is 13.2 Å². The van der Waals surface area contributed by atoms with Crippen molar-refractivity contribution in [1.29, 1.82) is 5.26 Å². The van der Waals surface area contributed by atoms with Crippen molar-refractivity contribution < 1.29 is 9.53 Å². The number of nitriles is 1. The first-order chi connectivity index (χ1) is 2.77. The predicted molar refractivity (Wildman–Crippen MR) is 23.1 cm³/mol. The van der Waals surface area contributed by atoms with Crippen molar-refractivity contribution in [2.24, 2.45) is 0 Å². The Kier molecular flexibility index (Phi) is 8.56. The maximum atomic E-state index is 9.60. The number of ether oxygens (including phenoxy) is 1. The SMILES string of the molecule is CC(=O)OC#N.[Na]. The van der Waals surface area contributed by atoms with E-state index in [1.54, 1.807) is 0 Å². The zero-order valence-electron chi connectivity index (χ0n) is 4.26. The molecule has 0 aliphatic rings. The summed E-state index contributed by atoms with van der Waals surface area (Å²) < 4.78 is 3.71. The number of carbonyl (C=O) groups excluding carboxylic acids is 1. The zero-order valence-corrected chi connectivity index (χ0v) is 6.26. The molecular formula is C3H3NNaO2. The van der Waals surface area contributed by atoms with Crippen LogP contribution >= 0.6 is 0 Å². The third-order valence-corrected chi connectivity index (χ3v) is 0.189. The Hall–Kier alpha value is -0.0400. The van der Waals surface area contributed by atoms with Crippen LogP contribution in [0.2, 0.25) is 0 Å². The molecule has 0 spiro atoms. The summed E-state index contributed by atoms with van der Waals surface area (Å²) >= 11 is 0. The largest absolute Gasteiger partial charge is 0.351 e. The van der Waals surface area contributed by atoms with Crippen molar-refractivity contribution >= 4 is 35.5 Å². The van der Waals surface area contributed by atoms with Gasteiger partial charge >= 0.3 is 5.97 Å². The summed E-state index contributed by atoms with van der Waals surface area (Å²) in [6, 6.07) is 0. The number of hydrogen-bond acceptors (Lipinski definition) is 3. The maximum Gasteiger partial charge on any atom is 0.318 e. The van der Waals surface area contributed by atoms with Crippen molar-refractivity contribution in [2.45, 2.75) is 6.92 Å². The summed E-state index contributed by atoms with van der Waals surface area (Å²) in [7, 11) is 0. The maximum absolute atomic E-state index is 9.60. The summed E-state index contributed by atoms with van der Waals surface area (Å²) in [6.45, 7) is 1.17. The molecule has 0 fully saturated rings. The van der Waals surface area contributed by atoms with Gasteiger partial charge in [-0.2, -0.15) is 0 Å².